The van der Waals surface area contributed by atoms with Crippen LogP contribution in [0.3, 0.4) is 0 Å². The van der Waals surface area contributed by atoms with E-state index < -0.39 is 0 Å². The first-order valence-corrected chi connectivity index (χ1v) is 12.1. The number of aryl methyl sites for hydroxylation is 2. The van der Waals surface area contributed by atoms with Crippen LogP contribution in [-0.4, -0.2) is 48.0 Å². The van der Waals surface area contributed by atoms with Crippen LogP contribution in [0.1, 0.15) is 23.3 Å². The molecular formula is C21H19N7O2S2. The topological polar surface area (TPSA) is 98.7 Å². The van der Waals surface area contributed by atoms with Gasteiger partial charge in [0.2, 0.25) is 5.91 Å². The van der Waals surface area contributed by atoms with Gasteiger partial charge in [-0.3, -0.25) is 4.79 Å². The molecule has 1 amide bonds. The van der Waals surface area contributed by atoms with Crippen LogP contribution in [-0.2, 0) is 17.6 Å². The van der Waals surface area contributed by atoms with Crippen molar-refractivity contribution in [2.75, 3.05) is 18.2 Å². The van der Waals surface area contributed by atoms with E-state index in [4.69, 9.17) is 4.74 Å². The van der Waals surface area contributed by atoms with Crippen LogP contribution in [0.5, 0.6) is 5.75 Å². The molecule has 1 N–H and O–H groups in total. The fourth-order valence-electron chi connectivity index (χ4n) is 4.17. The lowest BCUT2D eigenvalue weighted by Crippen LogP contribution is -2.14. The van der Waals surface area contributed by atoms with Gasteiger partial charge in [-0.15, -0.1) is 21.5 Å². The van der Waals surface area contributed by atoms with E-state index in [1.807, 2.05) is 28.7 Å². The fraction of sp³-hybridized carbons (Fsp3) is 0.286. The third kappa shape index (κ3) is 3.11. The number of rotatable bonds is 5. The molecule has 0 unspecified atom stereocenters. The maximum Gasteiger partial charge on any atom is 0.260 e. The zero-order chi connectivity index (χ0) is 21.7. The quantitative estimate of drug-likeness (QED) is 0.396. The summed E-state index contributed by atoms with van der Waals surface area (Å²) in [5.41, 5.74) is 2.92. The fourth-order valence-corrected chi connectivity index (χ4v) is 6.34. The van der Waals surface area contributed by atoms with Crippen LogP contribution in [0.15, 0.2) is 35.7 Å². The predicted octanol–water partition coefficient (Wildman–Crippen LogP) is 3.60. The number of carbonyl (C=O) groups excluding carboxylic acids is 1. The number of methoxy groups -OCH3 is 1. The Kier molecular flexibility index (Phi) is 4.72. The van der Waals surface area contributed by atoms with Crippen LogP contribution < -0.4 is 10.1 Å². The molecule has 0 aliphatic heterocycles. The molecule has 9 nitrogen and oxygen atoms in total. The highest BCUT2D eigenvalue weighted by Gasteiger charge is 2.24. The van der Waals surface area contributed by atoms with Crippen molar-refractivity contribution in [3.8, 4) is 5.75 Å². The minimum absolute atomic E-state index is 0.111. The molecule has 0 radical (unpaired) electrons. The van der Waals surface area contributed by atoms with Gasteiger partial charge in [0.05, 0.1) is 18.2 Å². The lowest BCUT2D eigenvalue weighted by Gasteiger charge is -2.10. The van der Waals surface area contributed by atoms with Gasteiger partial charge in [-0.05, 0) is 55.5 Å². The van der Waals surface area contributed by atoms with Crippen molar-refractivity contribution in [1.82, 2.24) is 29.2 Å². The summed E-state index contributed by atoms with van der Waals surface area (Å²) in [6.45, 7) is 0. The van der Waals surface area contributed by atoms with Gasteiger partial charge in [-0.2, -0.15) is 9.61 Å². The number of thioether (sulfide) groups is 1. The first kappa shape index (κ1) is 19.5. The SMILES string of the molecule is COc1ccc(NC(=O)CSc2nnc3n4ncnc4c4c5c(sc4n23)CCCC5)cc1. The van der Waals surface area contributed by atoms with E-state index in [0.29, 0.717) is 10.9 Å². The van der Waals surface area contributed by atoms with Crippen molar-refractivity contribution in [3.63, 3.8) is 0 Å². The van der Waals surface area contributed by atoms with Gasteiger partial charge >= 0.3 is 0 Å². The average molecular weight is 466 g/mol. The number of hydrogen-bond donors (Lipinski definition) is 1. The highest BCUT2D eigenvalue weighted by molar-refractivity contribution is 7.99. The van der Waals surface area contributed by atoms with E-state index in [1.54, 1.807) is 29.3 Å². The zero-order valence-corrected chi connectivity index (χ0v) is 18.9. The third-order valence-corrected chi connectivity index (χ3v) is 7.84. The summed E-state index contributed by atoms with van der Waals surface area (Å²) in [6, 6.07) is 7.25. The summed E-state index contributed by atoms with van der Waals surface area (Å²) in [6.07, 6.45) is 6.10. The molecule has 0 saturated carbocycles. The molecule has 0 bridgehead atoms. The van der Waals surface area contributed by atoms with Crippen molar-refractivity contribution in [2.24, 2.45) is 0 Å². The van der Waals surface area contributed by atoms with E-state index in [0.717, 1.165) is 40.1 Å². The Morgan fingerprint density at radius 2 is 2.06 bits per heavy atom. The minimum Gasteiger partial charge on any atom is -0.497 e. The average Bonchev–Trinajstić information content (AvgIpc) is 3.53. The Morgan fingerprint density at radius 1 is 1.22 bits per heavy atom. The number of nitrogens with zero attached hydrogens (tertiary/aromatic N) is 6. The number of hydrogen-bond acceptors (Lipinski definition) is 8. The Bertz CT molecular complexity index is 1470. The standard InChI is InChI=1S/C21H19N7O2S2/c1-30-13-8-6-12(7-9-13)24-16(29)10-31-21-26-25-20-27(21)19-17(18-22-11-23-28(18)20)14-4-2-3-5-15(14)32-19/h6-9,11H,2-5,10H2,1H3,(H,24,29). The summed E-state index contributed by atoms with van der Waals surface area (Å²) in [5.74, 6) is 1.46. The third-order valence-electron chi connectivity index (χ3n) is 5.64. The maximum absolute atomic E-state index is 12.5. The summed E-state index contributed by atoms with van der Waals surface area (Å²) in [5, 5.41) is 17.9. The molecule has 4 heterocycles. The van der Waals surface area contributed by atoms with Crippen molar-refractivity contribution >= 4 is 56.3 Å². The Morgan fingerprint density at radius 3 is 2.91 bits per heavy atom. The van der Waals surface area contributed by atoms with E-state index in [9.17, 15) is 4.79 Å². The lowest BCUT2D eigenvalue weighted by molar-refractivity contribution is -0.113. The molecular weight excluding hydrogens is 446 g/mol. The first-order valence-electron chi connectivity index (χ1n) is 10.3. The second kappa shape index (κ2) is 7.75. The van der Waals surface area contributed by atoms with Crippen LogP contribution in [0.2, 0.25) is 0 Å². The van der Waals surface area contributed by atoms with Crippen LogP contribution in [0, 0.1) is 0 Å². The number of thiophene rings is 1. The monoisotopic (exact) mass is 465 g/mol. The van der Waals surface area contributed by atoms with E-state index in [2.05, 4.69) is 25.6 Å². The number of fused-ring (bicyclic) bond motifs is 8. The zero-order valence-electron chi connectivity index (χ0n) is 17.2. The normalized spacial score (nSPS) is 13.7. The molecule has 1 aliphatic carbocycles. The van der Waals surface area contributed by atoms with E-state index in [1.165, 1.54) is 35.0 Å². The van der Waals surface area contributed by atoms with Crippen molar-refractivity contribution in [1.29, 1.82) is 0 Å². The molecule has 6 rings (SSSR count). The second-order valence-electron chi connectivity index (χ2n) is 7.57. The van der Waals surface area contributed by atoms with Crippen LogP contribution >= 0.6 is 23.1 Å². The number of aromatic nitrogens is 6. The van der Waals surface area contributed by atoms with Gasteiger partial charge in [0.15, 0.2) is 10.8 Å². The highest BCUT2D eigenvalue weighted by atomic mass is 32.2. The Labute approximate surface area is 190 Å². The number of ether oxygens (including phenoxy) is 1. The summed E-state index contributed by atoms with van der Waals surface area (Å²) < 4.78 is 8.92. The summed E-state index contributed by atoms with van der Waals surface area (Å²) >= 11 is 3.14. The summed E-state index contributed by atoms with van der Waals surface area (Å²) in [4.78, 5) is 19.6. The lowest BCUT2D eigenvalue weighted by atomic mass is 9.97. The number of carbonyl (C=O) groups is 1. The molecule has 0 atom stereocenters. The van der Waals surface area contributed by atoms with Gasteiger partial charge in [-0.1, -0.05) is 11.8 Å². The van der Waals surface area contributed by atoms with Gasteiger partial charge < -0.3 is 10.1 Å². The molecule has 4 aromatic heterocycles. The molecule has 32 heavy (non-hydrogen) atoms. The molecule has 0 spiro atoms. The van der Waals surface area contributed by atoms with Gasteiger partial charge in [0.25, 0.3) is 5.78 Å². The van der Waals surface area contributed by atoms with Crippen LogP contribution in [0.25, 0.3) is 21.6 Å². The van der Waals surface area contributed by atoms with Crippen molar-refractivity contribution in [2.45, 2.75) is 30.8 Å². The van der Waals surface area contributed by atoms with Gasteiger partial charge in [0, 0.05) is 10.6 Å². The van der Waals surface area contributed by atoms with E-state index in [-0.39, 0.29) is 11.7 Å². The maximum atomic E-state index is 12.5. The van der Waals surface area contributed by atoms with Crippen LogP contribution in [0.4, 0.5) is 5.69 Å². The molecule has 162 valence electrons. The van der Waals surface area contributed by atoms with Crippen molar-refractivity contribution in [3.05, 3.63) is 41.0 Å². The molecule has 1 aromatic carbocycles. The molecule has 0 fully saturated rings. The largest absolute Gasteiger partial charge is 0.497 e. The second-order valence-corrected chi connectivity index (χ2v) is 9.60. The predicted molar refractivity (Wildman–Crippen MR) is 124 cm³/mol. The van der Waals surface area contributed by atoms with Gasteiger partial charge in [-0.25, -0.2) is 9.38 Å². The number of anilines is 1. The first-order chi connectivity index (χ1) is 15.7. The van der Waals surface area contributed by atoms with Gasteiger partial charge in [0.1, 0.15) is 16.9 Å². The highest BCUT2D eigenvalue weighted by Crippen LogP contribution is 2.39. The van der Waals surface area contributed by atoms with E-state index >= 15 is 0 Å². The molecule has 1 aliphatic rings. The Balaban J connectivity index is 1.34. The smallest absolute Gasteiger partial charge is 0.260 e. The summed E-state index contributed by atoms with van der Waals surface area (Å²) in [7, 11) is 1.61. The number of nitrogens with one attached hydrogen (secondary N) is 1. The molecule has 5 aromatic rings. The minimum atomic E-state index is -0.111. The number of benzene rings is 1. The Hall–Kier alpha value is -3.18. The molecule has 11 heteroatoms. The van der Waals surface area contributed by atoms with Crippen molar-refractivity contribution < 1.29 is 9.53 Å². The molecule has 0 saturated heterocycles. The number of amides is 1.